The molecule has 0 saturated heterocycles. The molecule has 0 aromatic carbocycles. The van der Waals surface area contributed by atoms with E-state index in [1.807, 2.05) is 27.2 Å². The van der Waals surface area contributed by atoms with Gasteiger partial charge < -0.3 is 19.8 Å². The van der Waals surface area contributed by atoms with Crippen LogP contribution in [0.3, 0.4) is 0 Å². The first-order chi connectivity index (χ1) is 40.0. The Morgan fingerprint density at radius 1 is 0.427 bits per heavy atom. The molecule has 0 aromatic rings. The van der Waals surface area contributed by atoms with Gasteiger partial charge in [-0.15, -0.1) is 0 Å². The average Bonchev–Trinajstić information content (AvgIpc) is 3.47. The fourth-order valence-electron chi connectivity index (χ4n) is 10.5. The first-order valence-electron chi connectivity index (χ1n) is 35.3. The molecule has 3 N–H and O–H groups in total. The summed E-state index contributed by atoms with van der Waals surface area (Å²) in [4.78, 5) is 23.4. The number of nitrogens with zero attached hydrogens (tertiary/aromatic N) is 1. The number of likely N-dealkylation sites (N-methyl/N-ethyl adjacent to an activating group) is 1. The molecule has 0 heterocycles. The lowest BCUT2D eigenvalue weighted by Crippen LogP contribution is -2.45. The molecule has 0 fully saturated rings. The van der Waals surface area contributed by atoms with Gasteiger partial charge in [0.2, 0.25) is 5.91 Å². The highest BCUT2D eigenvalue weighted by atomic mass is 31.2. The number of hydrogen-bond donors (Lipinski definition) is 3. The topological polar surface area (TPSA) is 105 Å². The van der Waals surface area contributed by atoms with Gasteiger partial charge in [0.15, 0.2) is 0 Å². The van der Waals surface area contributed by atoms with E-state index in [0.29, 0.717) is 17.4 Å². The predicted octanol–water partition coefficient (Wildman–Crippen LogP) is 22.6. The molecule has 0 rings (SSSR count). The number of amides is 1. The van der Waals surface area contributed by atoms with Crippen LogP contribution in [0.25, 0.3) is 0 Å². The Balaban J connectivity index is 4.07. The predicted molar refractivity (Wildman–Crippen MR) is 360 cm³/mol. The van der Waals surface area contributed by atoms with E-state index in [1.54, 1.807) is 6.08 Å². The highest BCUT2D eigenvalue weighted by Gasteiger charge is 2.28. The number of nitrogens with one attached hydrogen (secondary N) is 1. The summed E-state index contributed by atoms with van der Waals surface area (Å²) in [5.41, 5.74) is 0. The van der Waals surface area contributed by atoms with E-state index in [2.05, 4.69) is 79.9 Å². The molecular weight excluding hydrogens is 1030 g/mol. The second-order valence-electron chi connectivity index (χ2n) is 25.2. The van der Waals surface area contributed by atoms with Gasteiger partial charge in [0, 0.05) is 6.42 Å². The lowest BCUT2D eigenvalue weighted by atomic mass is 10.0. The summed E-state index contributed by atoms with van der Waals surface area (Å²) in [5, 5.41) is 14.0. The van der Waals surface area contributed by atoms with Gasteiger partial charge in [0.25, 0.3) is 0 Å². The third-order valence-corrected chi connectivity index (χ3v) is 16.9. The second kappa shape index (κ2) is 63.4. The number of carbonyl (C=O) groups is 1. The van der Waals surface area contributed by atoms with Crippen molar-refractivity contribution in [3.05, 3.63) is 72.9 Å². The second-order valence-corrected chi connectivity index (χ2v) is 26.7. The molecule has 9 heteroatoms. The number of phosphoric ester groups is 1. The van der Waals surface area contributed by atoms with E-state index in [4.69, 9.17) is 9.05 Å². The molecule has 0 spiro atoms. The summed E-state index contributed by atoms with van der Waals surface area (Å²) in [7, 11) is 1.56. The van der Waals surface area contributed by atoms with Crippen LogP contribution in [0.1, 0.15) is 335 Å². The summed E-state index contributed by atoms with van der Waals surface area (Å²) in [6.07, 6.45) is 89.2. The highest BCUT2D eigenvalue weighted by Crippen LogP contribution is 2.43. The summed E-state index contributed by atoms with van der Waals surface area (Å²) < 4.78 is 23.8. The molecule has 1 amide bonds. The molecule has 0 saturated carbocycles. The maximum atomic E-state index is 13.1. The number of aliphatic hydroxyl groups is 1. The zero-order chi connectivity index (χ0) is 59.8. The molecule has 0 radical (unpaired) electrons. The third kappa shape index (κ3) is 65.5. The van der Waals surface area contributed by atoms with E-state index in [0.717, 1.165) is 64.2 Å². The summed E-state index contributed by atoms with van der Waals surface area (Å²) in [6, 6.07) is -0.866. The number of unbranched alkanes of at least 4 members (excludes halogenated alkanes) is 42. The minimum absolute atomic E-state index is 0.0560. The summed E-state index contributed by atoms with van der Waals surface area (Å²) in [5.74, 6) is -0.182. The zero-order valence-electron chi connectivity index (χ0n) is 55.0. The van der Waals surface area contributed by atoms with Crippen molar-refractivity contribution in [3.8, 4) is 0 Å². The van der Waals surface area contributed by atoms with Crippen molar-refractivity contribution >= 4 is 13.7 Å². The van der Waals surface area contributed by atoms with E-state index in [1.165, 1.54) is 250 Å². The van der Waals surface area contributed by atoms with Crippen molar-refractivity contribution in [1.29, 1.82) is 0 Å². The monoisotopic (exact) mass is 1170 g/mol. The Morgan fingerprint density at radius 2 is 0.744 bits per heavy atom. The normalized spacial score (nSPS) is 14.1. The smallest absolute Gasteiger partial charge is 0.387 e. The SMILES string of the molecule is CC/C=C\C/C=C\C/C=C\C/C=C\CCCCCCCCCCCCCCCCCCCCCCC(=O)NC(COP(=O)(O)OCC[N+](C)(C)C)C(O)/C=C/CC/C=C/CCCCCCCCCCCCCCCCCCCCCCC. The number of carbonyl (C=O) groups excluding carboxylic acids is 1. The number of phosphoric acid groups is 1. The first-order valence-corrected chi connectivity index (χ1v) is 36.8. The third-order valence-electron chi connectivity index (χ3n) is 15.9. The van der Waals surface area contributed by atoms with Gasteiger partial charge in [-0.25, -0.2) is 4.57 Å². The van der Waals surface area contributed by atoms with E-state index >= 15 is 0 Å². The van der Waals surface area contributed by atoms with E-state index in [-0.39, 0.29) is 19.1 Å². The Hall–Kier alpha value is -2.06. The quantitative estimate of drug-likeness (QED) is 0.0243. The fraction of sp³-hybridized carbons (Fsp3) is 0.822. The first kappa shape index (κ1) is 79.9. The van der Waals surface area contributed by atoms with E-state index < -0.39 is 20.0 Å². The molecular formula is C73H138N2O6P+. The van der Waals surface area contributed by atoms with Crippen LogP contribution >= 0.6 is 7.82 Å². The highest BCUT2D eigenvalue weighted by molar-refractivity contribution is 7.47. The maximum absolute atomic E-state index is 13.1. The van der Waals surface area contributed by atoms with Crippen LogP contribution in [-0.2, 0) is 18.4 Å². The van der Waals surface area contributed by atoms with Gasteiger partial charge in [-0.1, -0.05) is 331 Å². The zero-order valence-corrected chi connectivity index (χ0v) is 55.9. The molecule has 3 atom stereocenters. The lowest BCUT2D eigenvalue weighted by Gasteiger charge is -2.25. The standard InChI is InChI=1S/C73H137N2O6P/c1-6-8-10-12-14-16-18-20-22-24-26-28-30-32-34-35-36-37-38-39-41-43-45-47-49-51-53-55-57-59-61-63-65-67-73(77)74-71(70-81-82(78,79)80-69-68-75(3,4)5)72(76)66-64-62-60-58-56-54-52-50-48-46-44-42-40-33-31-29-27-25-23-21-19-17-15-13-11-9-7-2/h8,10,14,16,20,22,26,28,56,58,64,66,71-72,76H,6-7,9,11-13,15,17-19,21,23-25,27,29-55,57,59-63,65,67-70H2,1-5H3,(H-,74,77,78,79)/p+1/b10-8-,16-14-,22-20-,28-26-,58-56+,66-64+. The molecule has 0 aliphatic rings. The van der Waals surface area contributed by atoms with Crippen LogP contribution in [0, 0.1) is 0 Å². The van der Waals surface area contributed by atoms with Crippen LogP contribution in [0.2, 0.25) is 0 Å². The van der Waals surface area contributed by atoms with Gasteiger partial charge in [-0.3, -0.25) is 13.8 Å². The number of aliphatic hydroxyl groups excluding tert-OH is 1. The van der Waals surface area contributed by atoms with Gasteiger partial charge in [-0.2, -0.15) is 0 Å². The average molecular weight is 1170 g/mol. The van der Waals surface area contributed by atoms with Crippen molar-refractivity contribution in [2.24, 2.45) is 0 Å². The van der Waals surface area contributed by atoms with Gasteiger partial charge >= 0.3 is 7.82 Å². The number of quaternary nitrogens is 1. The van der Waals surface area contributed by atoms with Crippen LogP contribution < -0.4 is 5.32 Å². The molecule has 0 bridgehead atoms. The van der Waals surface area contributed by atoms with Crippen molar-refractivity contribution in [3.63, 3.8) is 0 Å². The number of allylic oxidation sites excluding steroid dienone is 11. The largest absolute Gasteiger partial charge is 0.472 e. The number of hydrogen-bond acceptors (Lipinski definition) is 5. The van der Waals surface area contributed by atoms with Crippen LogP contribution in [0.15, 0.2) is 72.9 Å². The molecule has 0 aromatic heterocycles. The Kier molecular flexibility index (Phi) is 61.8. The Morgan fingerprint density at radius 3 is 1.12 bits per heavy atom. The Labute approximate surface area is 510 Å². The molecule has 8 nitrogen and oxygen atoms in total. The minimum Gasteiger partial charge on any atom is -0.387 e. The van der Waals surface area contributed by atoms with Crippen LogP contribution in [0.5, 0.6) is 0 Å². The van der Waals surface area contributed by atoms with Crippen molar-refractivity contribution in [2.75, 3.05) is 40.9 Å². The van der Waals surface area contributed by atoms with Crippen molar-refractivity contribution in [1.82, 2.24) is 5.32 Å². The molecule has 480 valence electrons. The molecule has 0 aliphatic carbocycles. The fourth-order valence-corrected chi connectivity index (χ4v) is 11.2. The number of rotatable bonds is 65. The van der Waals surface area contributed by atoms with Gasteiger partial charge in [0.05, 0.1) is 39.9 Å². The molecule has 0 aliphatic heterocycles. The van der Waals surface area contributed by atoms with E-state index in [9.17, 15) is 19.4 Å². The van der Waals surface area contributed by atoms with Crippen molar-refractivity contribution < 1.29 is 32.9 Å². The molecule has 3 unspecified atom stereocenters. The van der Waals surface area contributed by atoms with Gasteiger partial charge in [0.1, 0.15) is 13.2 Å². The van der Waals surface area contributed by atoms with Crippen molar-refractivity contribution in [2.45, 2.75) is 347 Å². The summed E-state index contributed by atoms with van der Waals surface area (Å²) >= 11 is 0. The summed E-state index contributed by atoms with van der Waals surface area (Å²) in [6.45, 7) is 4.73. The minimum atomic E-state index is -4.36. The molecule has 82 heavy (non-hydrogen) atoms. The maximum Gasteiger partial charge on any atom is 0.472 e. The van der Waals surface area contributed by atoms with Crippen LogP contribution in [0.4, 0.5) is 0 Å². The lowest BCUT2D eigenvalue weighted by molar-refractivity contribution is -0.870. The Bertz CT molecular complexity index is 1570. The van der Waals surface area contributed by atoms with Gasteiger partial charge in [-0.05, 0) is 70.6 Å². The van der Waals surface area contributed by atoms with Crippen LogP contribution in [-0.4, -0.2) is 73.4 Å².